The maximum absolute atomic E-state index is 5.24. The lowest BCUT2D eigenvalue weighted by molar-refractivity contribution is -0.115. The summed E-state index contributed by atoms with van der Waals surface area (Å²) >= 11 is 0. The summed E-state index contributed by atoms with van der Waals surface area (Å²) in [5, 5.41) is 0. The van der Waals surface area contributed by atoms with Crippen molar-refractivity contribution in [2.75, 3.05) is 27.8 Å². The molecule has 1 aliphatic carbocycles. The molecular formula is C17H35NO. The lowest BCUT2D eigenvalue weighted by Crippen LogP contribution is -2.63. The van der Waals surface area contributed by atoms with Crippen LogP contribution in [0.1, 0.15) is 53.9 Å². The van der Waals surface area contributed by atoms with E-state index in [-0.39, 0.29) is 0 Å². The highest BCUT2D eigenvalue weighted by Gasteiger charge is 2.55. The molecule has 0 radical (unpaired) electrons. The SMILES string of the molecule is COCCC(C)(C)CCC1(C)C(C)C(C)C1N(C)C. The molecule has 0 aromatic rings. The predicted octanol–water partition coefficient (Wildman–Crippen LogP) is 4.05. The molecule has 0 amide bonds. The first-order chi connectivity index (χ1) is 8.65. The molecular weight excluding hydrogens is 234 g/mol. The summed E-state index contributed by atoms with van der Waals surface area (Å²) < 4.78 is 5.24. The average molecular weight is 269 g/mol. The van der Waals surface area contributed by atoms with Crippen LogP contribution >= 0.6 is 0 Å². The first-order valence-electron chi connectivity index (χ1n) is 7.81. The van der Waals surface area contributed by atoms with E-state index in [1.807, 2.05) is 0 Å². The van der Waals surface area contributed by atoms with Gasteiger partial charge in [0.2, 0.25) is 0 Å². The van der Waals surface area contributed by atoms with Crippen LogP contribution < -0.4 is 0 Å². The molecule has 0 saturated heterocycles. The smallest absolute Gasteiger partial charge is 0.0467 e. The number of rotatable bonds is 7. The van der Waals surface area contributed by atoms with E-state index in [9.17, 15) is 0 Å². The van der Waals surface area contributed by atoms with Crippen LogP contribution in [0, 0.1) is 22.7 Å². The zero-order valence-corrected chi connectivity index (χ0v) is 14.4. The number of methoxy groups -OCH3 is 1. The standard InChI is InChI=1S/C17H35NO/c1-13-14(2)17(5,15(13)18(6)7)10-9-16(3,4)11-12-19-8/h13-15H,9-12H2,1-8H3. The van der Waals surface area contributed by atoms with Gasteiger partial charge >= 0.3 is 0 Å². The molecule has 0 spiro atoms. The van der Waals surface area contributed by atoms with Crippen molar-refractivity contribution in [1.29, 1.82) is 0 Å². The van der Waals surface area contributed by atoms with Gasteiger partial charge in [-0.15, -0.1) is 0 Å². The Morgan fingerprint density at radius 3 is 2.21 bits per heavy atom. The lowest BCUT2D eigenvalue weighted by Gasteiger charge is -2.61. The van der Waals surface area contributed by atoms with Gasteiger partial charge in [0.15, 0.2) is 0 Å². The van der Waals surface area contributed by atoms with Crippen molar-refractivity contribution in [1.82, 2.24) is 4.90 Å². The zero-order valence-electron chi connectivity index (χ0n) is 14.4. The Bertz CT molecular complexity index is 287. The highest BCUT2D eigenvalue weighted by atomic mass is 16.5. The van der Waals surface area contributed by atoms with Crippen molar-refractivity contribution in [2.24, 2.45) is 22.7 Å². The van der Waals surface area contributed by atoms with Gasteiger partial charge in [0.1, 0.15) is 0 Å². The maximum atomic E-state index is 5.24. The minimum Gasteiger partial charge on any atom is -0.385 e. The summed E-state index contributed by atoms with van der Waals surface area (Å²) in [6.07, 6.45) is 3.79. The van der Waals surface area contributed by atoms with Gasteiger partial charge in [-0.25, -0.2) is 0 Å². The van der Waals surface area contributed by atoms with Gasteiger partial charge in [-0.3, -0.25) is 0 Å². The second-order valence-electron chi connectivity index (χ2n) is 7.97. The molecule has 1 rings (SSSR count). The molecule has 1 aliphatic rings. The first kappa shape index (κ1) is 17.0. The first-order valence-corrected chi connectivity index (χ1v) is 7.81. The van der Waals surface area contributed by atoms with Crippen molar-refractivity contribution in [3.63, 3.8) is 0 Å². The summed E-state index contributed by atoms with van der Waals surface area (Å²) in [5.41, 5.74) is 0.877. The van der Waals surface area contributed by atoms with Crippen LogP contribution in [0.5, 0.6) is 0 Å². The normalized spacial score (nSPS) is 35.5. The zero-order chi connectivity index (χ0) is 14.8. The Hall–Kier alpha value is -0.0800. The highest BCUT2D eigenvalue weighted by Crippen LogP contribution is 2.56. The van der Waals surface area contributed by atoms with Gasteiger partial charge < -0.3 is 9.64 Å². The summed E-state index contributed by atoms with van der Waals surface area (Å²) in [4.78, 5) is 2.44. The Labute approximate surface area is 120 Å². The summed E-state index contributed by atoms with van der Waals surface area (Å²) in [5.74, 6) is 1.65. The molecule has 2 heteroatoms. The number of ether oxygens (including phenoxy) is 1. The van der Waals surface area contributed by atoms with Crippen LogP contribution in [0.15, 0.2) is 0 Å². The molecule has 0 bridgehead atoms. The van der Waals surface area contributed by atoms with E-state index in [2.05, 4.69) is 53.6 Å². The third-order valence-corrected chi connectivity index (χ3v) is 5.88. The molecule has 0 aromatic carbocycles. The Balaban J connectivity index is 2.60. The van der Waals surface area contributed by atoms with E-state index in [1.165, 1.54) is 12.8 Å². The van der Waals surface area contributed by atoms with Gasteiger partial charge in [0.25, 0.3) is 0 Å². The molecule has 0 aromatic heterocycles. The second-order valence-corrected chi connectivity index (χ2v) is 7.97. The van der Waals surface area contributed by atoms with Crippen LogP contribution in [0.3, 0.4) is 0 Å². The molecule has 19 heavy (non-hydrogen) atoms. The Kier molecular flexibility index (Phi) is 5.48. The van der Waals surface area contributed by atoms with Crippen LogP contribution in [0.25, 0.3) is 0 Å². The van der Waals surface area contributed by atoms with E-state index in [0.717, 1.165) is 30.9 Å². The van der Waals surface area contributed by atoms with Gasteiger partial charge in [0.05, 0.1) is 0 Å². The van der Waals surface area contributed by atoms with E-state index >= 15 is 0 Å². The maximum Gasteiger partial charge on any atom is 0.0467 e. The minimum absolute atomic E-state index is 0.397. The van der Waals surface area contributed by atoms with Crippen molar-refractivity contribution in [2.45, 2.75) is 59.9 Å². The monoisotopic (exact) mass is 269 g/mol. The third-order valence-electron chi connectivity index (χ3n) is 5.88. The number of hydrogen-bond donors (Lipinski definition) is 0. The Morgan fingerprint density at radius 2 is 1.74 bits per heavy atom. The van der Waals surface area contributed by atoms with Gasteiger partial charge in [-0.05, 0) is 56.0 Å². The molecule has 0 heterocycles. The van der Waals surface area contributed by atoms with E-state index in [1.54, 1.807) is 7.11 Å². The molecule has 4 unspecified atom stereocenters. The van der Waals surface area contributed by atoms with Crippen molar-refractivity contribution >= 4 is 0 Å². The molecule has 4 atom stereocenters. The molecule has 114 valence electrons. The summed E-state index contributed by atoms with van der Waals surface area (Å²) in [6, 6.07) is 0.737. The van der Waals surface area contributed by atoms with Crippen molar-refractivity contribution in [3.8, 4) is 0 Å². The highest BCUT2D eigenvalue weighted by molar-refractivity contribution is 5.06. The van der Waals surface area contributed by atoms with Gasteiger partial charge in [0, 0.05) is 19.8 Å². The molecule has 1 saturated carbocycles. The molecule has 0 N–H and O–H groups in total. The van der Waals surface area contributed by atoms with Gasteiger partial charge in [-0.1, -0.05) is 34.6 Å². The molecule has 2 nitrogen and oxygen atoms in total. The second kappa shape index (κ2) is 6.13. The van der Waals surface area contributed by atoms with E-state index in [4.69, 9.17) is 4.74 Å². The quantitative estimate of drug-likeness (QED) is 0.691. The van der Waals surface area contributed by atoms with Crippen molar-refractivity contribution < 1.29 is 4.74 Å². The van der Waals surface area contributed by atoms with Crippen LogP contribution in [0.4, 0.5) is 0 Å². The fraction of sp³-hybridized carbons (Fsp3) is 1.00. The van der Waals surface area contributed by atoms with Gasteiger partial charge in [-0.2, -0.15) is 0 Å². The predicted molar refractivity (Wildman–Crippen MR) is 83.4 cm³/mol. The molecule has 0 aliphatic heterocycles. The van der Waals surface area contributed by atoms with E-state index < -0.39 is 0 Å². The van der Waals surface area contributed by atoms with Crippen LogP contribution in [-0.4, -0.2) is 38.8 Å². The fourth-order valence-corrected chi connectivity index (χ4v) is 4.17. The summed E-state index contributed by atoms with van der Waals surface area (Å²) in [6.45, 7) is 13.0. The largest absolute Gasteiger partial charge is 0.385 e. The Morgan fingerprint density at radius 1 is 1.16 bits per heavy atom. The number of hydrogen-bond acceptors (Lipinski definition) is 2. The average Bonchev–Trinajstić information content (AvgIpc) is 2.33. The van der Waals surface area contributed by atoms with Crippen LogP contribution in [-0.2, 0) is 4.74 Å². The van der Waals surface area contributed by atoms with Crippen LogP contribution in [0.2, 0.25) is 0 Å². The van der Waals surface area contributed by atoms with Crippen molar-refractivity contribution in [3.05, 3.63) is 0 Å². The topological polar surface area (TPSA) is 12.5 Å². The van der Waals surface area contributed by atoms with E-state index in [0.29, 0.717) is 10.8 Å². The lowest BCUT2D eigenvalue weighted by atomic mass is 9.49. The summed E-state index contributed by atoms with van der Waals surface area (Å²) in [7, 11) is 6.28. The molecule has 1 fully saturated rings. The fourth-order valence-electron chi connectivity index (χ4n) is 4.17. The minimum atomic E-state index is 0.397. The third kappa shape index (κ3) is 3.52. The number of nitrogens with zero attached hydrogens (tertiary/aromatic N) is 1.